The quantitative estimate of drug-likeness (QED) is 0.677. The smallest absolute Gasteiger partial charge is 0.251 e. The van der Waals surface area contributed by atoms with E-state index in [-0.39, 0.29) is 18.4 Å². The van der Waals surface area contributed by atoms with Crippen LogP contribution in [0.25, 0.3) is 0 Å². The van der Waals surface area contributed by atoms with E-state index in [2.05, 4.69) is 24.1 Å². The van der Waals surface area contributed by atoms with Crippen LogP contribution in [0.5, 0.6) is 0 Å². The zero-order chi connectivity index (χ0) is 16.8. The zero-order valence-electron chi connectivity index (χ0n) is 14.5. The van der Waals surface area contributed by atoms with Crippen molar-refractivity contribution < 1.29 is 14.7 Å². The maximum atomic E-state index is 11.8. The van der Waals surface area contributed by atoms with Crippen LogP contribution in [0.4, 0.5) is 0 Å². The minimum absolute atomic E-state index is 0.0656. The molecule has 2 amide bonds. The number of hydrogen-bond donors (Lipinski definition) is 2. The largest absolute Gasteiger partial charge is 0.383 e. The molecule has 0 aromatic rings. The molecule has 0 saturated carbocycles. The van der Waals surface area contributed by atoms with Gasteiger partial charge in [0.05, 0.1) is 6.54 Å². The average Bonchev–Trinajstić information content (AvgIpc) is 2.81. The van der Waals surface area contributed by atoms with Gasteiger partial charge in [0.1, 0.15) is 6.10 Å². The van der Waals surface area contributed by atoms with Gasteiger partial charge in [-0.3, -0.25) is 14.5 Å². The summed E-state index contributed by atoms with van der Waals surface area (Å²) in [5, 5.41) is 12.2. The van der Waals surface area contributed by atoms with Crippen LogP contribution >= 0.6 is 0 Å². The van der Waals surface area contributed by atoms with Gasteiger partial charge in [-0.1, -0.05) is 6.42 Å². The SMILES string of the molecule is C[C@@H]1CCC[C@H](C)N1CCCCNC(=O)CN1CCC(O)C1=O. The number of carbonyl (C=O) groups excluding carboxylic acids is 2. The average molecular weight is 325 g/mol. The fraction of sp³-hybridized carbons (Fsp3) is 0.882. The highest BCUT2D eigenvalue weighted by Gasteiger charge is 2.30. The summed E-state index contributed by atoms with van der Waals surface area (Å²) < 4.78 is 0. The number of piperidine rings is 1. The molecule has 132 valence electrons. The van der Waals surface area contributed by atoms with E-state index in [1.807, 2.05) is 0 Å². The van der Waals surface area contributed by atoms with Crippen LogP contribution in [0.15, 0.2) is 0 Å². The summed E-state index contributed by atoms with van der Waals surface area (Å²) in [7, 11) is 0. The van der Waals surface area contributed by atoms with E-state index in [1.54, 1.807) is 0 Å². The highest BCUT2D eigenvalue weighted by atomic mass is 16.3. The summed E-state index contributed by atoms with van der Waals surface area (Å²) in [6.07, 6.45) is 5.45. The third-order valence-electron chi connectivity index (χ3n) is 5.15. The Hall–Kier alpha value is -1.14. The van der Waals surface area contributed by atoms with Gasteiger partial charge < -0.3 is 15.3 Å². The van der Waals surface area contributed by atoms with Gasteiger partial charge in [0.25, 0.3) is 5.91 Å². The normalized spacial score (nSPS) is 29.1. The Labute approximate surface area is 139 Å². The summed E-state index contributed by atoms with van der Waals surface area (Å²) in [6.45, 7) is 6.89. The van der Waals surface area contributed by atoms with Gasteiger partial charge in [0, 0.05) is 25.2 Å². The van der Waals surface area contributed by atoms with Crippen molar-refractivity contribution in [2.45, 2.75) is 70.6 Å². The molecule has 0 aromatic carbocycles. The number of hydrogen-bond acceptors (Lipinski definition) is 4. The molecule has 6 heteroatoms. The predicted octanol–water partition coefficient (Wildman–Crippen LogP) is 0.739. The molecule has 0 spiro atoms. The lowest BCUT2D eigenvalue weighted by Gasteiger charge is -2.39. The topological polar surface area (TPSA) is 72.9 Å². The predicted molar refractivity (Wildman–Crippen MR) is 88.9 cm³/mol. The Morgan fingerprint density at radius 3 is 2.52 bits per heavy atom. The Morgan fingerprint density at radius 1 is 1.22 bits per heavy atom. The lowest BCUT2D eigenvalue weighted by Crippen LogP contribution is -2.44. The van der Waals surface area contributed by atoms with E-state index in [4.69, 9.17) is 0 Å². The molecular weight excluding hydrogens is 294 g/mol. The lowest BCUT2D eigenvalue weighted by atomic mass is 9.97. The number of unbranched alkanes of at least 4 members (excludes halogenated alkanes) is 1. The van der Waals surface area contributed by atoms with Crippen molar-refractivity contribution in [1.82, 2.24) is 15.1 Å². The maximum Gasteiger partial charge on any atom is 0.251 e. The molecular formula is C17H31N3O3. The first-order valence-corrected chi connectivity index (χ1v) is 8.98. The van der Waals surface area contributed by atoms with E-state index in [0.29, 0.717) is 31.6 Å². The van der Waals surface area contributed by atoms with Crippen LogP contribution in [0, 0.1) is 0 Å². The van der Waals surface area contributed by atoms with Gasteiger partial charge in [-0.2, -0.15) is 0 Å². The number of rotatable bonds is 7. The molecule has 2 aliphatic rings. The lowest BCUT2D eigenvalue weighted by molar-refractivity contribution is -0.137. The van der Waals surface area contributed by atoms with Crippen molar-refractivity contribution in [2.24, 2.45) is 0 Å². The van der Waals surface area contributed by atoms with Gasteiger partial charge in [0.2, 0.25) is 5.91 Å². The third kappa shape index (κ3) is 5.18. The minimum atomic E-state index is -0.920. The fourth-order valence-electron chi connectivity index (χ4n) is 3.67. The molecule has 0 bridgehead atoms. The highest BCUT2D eigenvalue weighted by molar-refractivity contribution is 5.88. The zero-order valence-corrected chi connectivity index (χ0v) is 14.5. The maximum absolute atomic E-state index is 11.8. The summed E-state index contributed by atoms with van der Waals surface area (Å²) in [4.78, 5) is 27.4. The third-order valence-corrected chi connectivity index (χ3v) is 5.15. The molecule has 3 atom stereocenters. The second-order valence-corrected chi connectivity index (χ2v) is 6.99. The van der Waals surface area contributed by atoms with Crippen molar-refractivity contribution in [3.63, 3.8) is 0 Å². The molecule has 0 aliphatic carbocycles. The molecule has 2 rings (SSSR count). The van der Waals surface area contributed by atoms with Gasteiger partial charge in [-0.25, -0.2) is 0 Å². The Morgan fingerprint density at radius 2 is 1.91 bits per heavy atom. The highest BCUT2D eigenvalue weighted by Crippen LogP contribution is 2.22. The molecule has 2 heterocycles. The van der Waals surface area contributed by atoms with E-state index < -0.39 is 6.10 Å². The molecule has 2 fully saturated rings. The standard InChI is InChI=1S/C17H31N3O3/c1-13-6-5-7-14(2)20(13)10-4-3-9-18-16(22)12-19-11-8-15(21)17(19)23/h13-15,21H,3-12H2,1-2H3,(H,18,22)/t13-,14+,15?. The van der Waals surface area contributed by atoms with Gasteiger partial charge in [-0.05, 0) is 52.5 Å². The molecule has 23 heavy (non-hydrogen) atoms. The van der Waals surface area contributed by atoms with Crippen LogP contribution in [-0.2, 0) is 9.59 Å². The van der Waals surface area contributed by atoms with E-state index in [1.165, 1.54) is 24.2 Å². The number of aliphatic hydroxyl groups is 1. The summed E-state index contributed by atoms with van der Waals surface area (Å²) >= 11 is 0. The van der Waals surface area contributed by atoms with Crippen molar-refractivity contribution >= 4 is 11.8 Å². The molecule has 0 aromatic heterocycles. The number of likely N-dealkylation sites (tertiary alicyclic amines) is 2. The van der Waals surface area contributed by atoms with E-state index in [0.717, 1.165) is 19.4 Å². The summed E-state index contributed by atoms with van der Waals surface area (Å²) in [5.74, 6) is -0.458. The van der Waals surface area contributed by atoms with Crippen LogP contribution in [0.2, 0.25) is 0 Å². The first kappa shape index (κ1) is 18.2. The van der Waals surface area contributed by atoms with Crippen molar-refractivity contribution in [3.05, 3.63) is 0 Å². The van der Waals surface area contributed by atoms with Crippen LogP contribution in [-0.4, -0.2) is 71.1 Å². The molecule has 2 N–H and O–H groups in total. The number of carbonyl (C=O) groups is 2. The second-order valence-electron chi connectivity index (χ2n) is 6.99. The van der Waals surface area contributed by atoms with Gasteiger partial charge in [-0.15, -0.1) is 0 Å². The fourth-order valence-corrected chi connectivity index (χ4v) is 3.67. The summed E-state index contributed by atoms with van der Waals surface area (Å²) in [5.41, 5.74) is 0. The Kier molecular flexibility index (Phi) is 6.84. The molecule has 0 radical (unpaired) electrons. The molecule has 2 saturated heterocycles. The number of nitrogens with one attached hydrogen (secondary N) is 1. The van der Waals surface area contributed by atoms with Crippen molar-refractivity contribution in [3.8, 4) is 0 Å². The monoisotopic (exact) mass is 325 g/mol. The van der Waals surface area contributed by atoms with Crippen molar-refractivity contribution in [1.29, 1.82) is 0 Å². The first-order valence-electron chi connectivity index (χ1n) is 8.98. The number of aliphatic hydroxyl groups excluding tert-OH is 1. The molecule has 1 unspecified atom stereocenters. The second kappa shape index (κ2) is 8.64. The minimum Gasteiger partial charge on any atom is -0.383 e. The molecule has 2 aliphatic heterocycles. The van der Waals surface area contributed by atoms with Crippen LogP contribution in [0.3, 0.4) is 0 Å². The Bertz CT molecular complexity index is 406. The molecule has 6 nitrogen and oxygen atoms in total. The number of nitrogens with zero attached hydrogens (tertiary/aromatic N) is 2. The van der Waals surface area contributed by atoms with Gasteiger partial charge >= 0.3 is 0 Å². The Balaban J connectivity index is 1.56. The number of amides is 2. The van der Waals surface area contributed by atoms with E-state index >= 15 is 0 Å². The summed E-state index contributed by atoms with van der Waals surface area (Å²) in [6, 6.07) is 1.34. The van der Waals surface area contributed by atoms with Crippen molar-refractivity contribution in [2.75, 3.05) is 26.2 Å². The van der Waals surface area contributed by atoms with Crippen LogP contribution in [0.1, 0.15) is 52.4 Å². The van der Waals surface area contributed by atoms with E-state index in [9.17, 15) is 14.7 Å². The first-order chi connectivity index (χ1) is 11.0. The van der Waals surface area contributed by atoms with Crippen LogP contribution < -0.4 is 5.32 Å². The van der Waals surface area contributed by atoms with Gasteiger partial charge in [0.15, 0.2) is 0 Å².